The predicted octanol–water partition coefficient (Wildman–Crippen LogP) is 3.33. The van der Waals surface area contributed by atoms with E-state index in [4.69, 9.17) is 11.6 Å². The zero-order valence-electron chi connectivity index (χ0n) is 16.0. The molecule has 8 heteroatoms. The Balaban J connectivity index is 1.67. The number of likely N-dealkylation sites (tertiary alicyclic amines) is 1. The van der Waals surface area contributed by atoms with Crippen LogP contribution < -0.4 is 11.2 Å². The zero-order chi connectivity index (χ0) is 20.4. The summed E-state index contributed by atoms with van der Waals surface area (Å²) in [6.45, 7) is 1.87. The molecule has 4 rings (SSSR count). The van der Waals surface area contributed by atoms with Crippen LogP contribution in [0, 0.1) is 0 Å². The van der Waals surface area contributed by atoms with Gasteiger partial charge in [-0.25, -0.2) is 4.79 Å². The summed E-state index contributed by atoms with van der Waals surface area (Å²) in [5, 5.41) is 2.37. The van der Waals surface area contributed by atoms with Crippen LogP contribution in [-0.4, -0.2) is 33.0 Å². The van der Waals surface area contributed by atoms with Crippen LogP contribution in [0.5, 0.6) is 0 Å². The van der Waals surface area contributed by atoms with Crippen LogP contribution in [0.4, 0.5) is 0 Å². The van der Waals surface area contributed by atoms with Crippen LogP contribution in [-0.2, 0) is 17.9 Å². The minimum absolute atomic E-state index is 0.0000645. The highest BCUT2D eigenvalue weighted by molar-refractivity contribution is 7.17. The Kier molecular flexibility index (Phi) is 5.87. The molecule has 0 saturated carbocycles. The van der Waals surface area contributed by atoms with E-state index in [-0.39, 0.29) is 31.0 Å². The Bertz CT molecular complexity index is 1160. The lowest BCUT2D eigenvalue weighted by Crippen LogP contribution is -2.42. The lowest BCUT2D eigenvalue weighted by molar-refractivity contribution is -0.132. The minimum Gasteiger partial charge on any atom is -0.343 e. The number of amides is 1. The normalized spacial score (nSPS) is 14.4. The van der Waals surface area contributed by atoms with Crippen molar-refractivity contribution in [3.63, 3.8) is 0 Å². The van der Waals surface area contributed by atoms with Crippen LogP contribution in [0.2, 0.25) is 5.02 Å². The smallest absolute Gasteiger partial charge is 0.331 e. The third kappa shape index (κ3) is 4.02. The van der Waals surface area contributed by atoms with Crippen molar-refractivity contribution < 1.29 is 4.79 Å². The first-order chi connectivity index (χ1) is 14.1. The molecule has 1 aliphatic heterocycles. The maximum atomic E-state index is 13.2. The molecule has 3 heterocycles. The molecule has 152 valence electrons. The first kappa shape index (κ1) is 19.9. The lowest BCUT2D eigenvalue weighted by Gasteiger charge is -2.26. The number of fused-ring (bicyclic) bond motifs is 1. The van der Waals surface area contributed by atoms with Crippen molar-refractivity contribution in [2.75, 3.05) is 13.1 Å². The van der Waals surface area contributed by atoms with Gasteiger partial charge in [-0.1, -0.05) is 29.8 Å². The molecule has 0 unspecified atom stereocenters. The molecule has 0 spiro atoms. The van der Waals surface area contributed by atoms with Crippen molar-refractivity contribution in [3.8, 4) is 0 Å². The molecule has 0 radical (unpaired) electrons. The van der Waals surface area contributed by atoms with Gasteiger partial charge in [0.25, 0.3) is 5.56 Å². The van der Waals surface area contributed by atoms with Crippen molar-refractivity contribution in [3.05, 3.63) is 67.1 Å². The summed E-state index contributed by atoms with van der Waals surface area (Å²) in [6.07, 6.45) is 3.32. The molecular formula is C21H22ClN3O3S. The van der Waals surface area contributed by atoms with Gasteiger partial charge in [0.05, 0.1) is 12.1 Å². The van der Waals surface area contributed by atoms with E-state index in [2.05, 4.69) is 0 Å². The SMILES string of the molecule is O=C(CCn1c(=O)c2sccc2n(Cc2ccccc2Cl)c1=O)N1CCCCC1. The van der Waals surface area contributed by atoms with Crippen molar-refractivity contribution in [1.82, 2.24) is 14.0 Å². The maximum absolute atomic E-state index is 13.2. The van der Waals surface area contributed by atoms with E-state index >= 15 is 0 Å². The summed E-state index contributed by atoms with van der Waals surface area (Å²) < 4.78 is 3.28. The summed E-state index contributed by atoms with van der Waals surface area (Å²) in [6, 6.07) is 9.12. The number of halogens is 1. The minimum atomic E-state index is -0.410. The second-order valence-electron chi connectivity index (χ2n) is 7.24. The number of rotatable bonds is 5. The van der Waals surface area contributed by atoms with Gasteiger partial charge in [-0.2, -0.15) is 0 Å². The highest BCUT2D eigenvalue weighted by Gasteiger charge is 2.19. The fraction of sp³-hybridized carbons (Fsp3) is 0.381. The molecule has 3 aromatic rings. The molecule has 29 heavy (non-hydrogen) atoms. The van der Waals surface area contributed by atoms with Gasteiger partial charge in [0.1, 0.15) is 4.70 Å². The van der Waals surface area contributed by atoms with Gasteiger partial charge in [0, 0.05) is 31.1 Å². The molecule has 0 atom stereocenters. The topological polar surface area (TPSA) is 64.3 Å². The second-order valence-corrected chi connectivity index (χ2v) is 8.57. The molecular weight excluding hydrogens is 410 g/mol. The predicted molar refractivity (Wildman–Crippen MR) is 116 cm³/mol. The number of carbonyl (C=O) groups excluding carboxylic acids is 1. The fourth-order valence-corrected chi connectivity index (χ4v) is 4.83. The Hall–Kier alpha value is -2.38. The van der Waals surface area contributed by atoms with Gasteiger partial charge >= 0.3 is 5.69 Å². The van der Waals surface area contributed by atoms with Gasteiger partial charge in [0.2, 0.25) is 5.91 Å². The van der Waals surface area contributed by atoms with E-state index in [1.165, 1.54) is 15.9 Å². The monoisotopic (exact) mass is 431 g/mol. The molecule has 2 aromatic heterocycles. The van der Waals surface area contributed by atoms with E-state index in [0.29, 0.717) is 15.2 Å². The lowest BCUT2D eigenvalue weighted by atomic mass is 10.1. The van der Waals surface area contributed by atoms with Gasteiger partial charge in [-0.15, -0.1) is 11.3 Å². The van der Waals surface area contributed by atoms with Gasteiger partial charge in [0.15, 0.2) is 0 Å². The number of aromatic nitrogens is 2. The summed E-state index contributed by atoms with van der Waals surface area (Å²) in [5.74, 6) is -0.0000645. The Labute approximate surface area is 176 Å². The molecule has 0 bridgehead atoms. The first-order valence-electron chi connectivity index (χ1n) is 9.78. The average Bonchev–Trinajstić information content (AvgIpc) is 3.23. The van der Waals surface area contributed by atoms with Gasteiger partial charge in [-0.05, 0) is 42.3 Å². The van der Waals surface area contributed by atoms with Crippen molar-refractivity contribution >= 4 is 39.1 Å². The Morgan fingerprint density at radius 2 is 1.79 bits per heavy atom. The maximum Gasteiger partial charge on any atom is 0.331 e. The van der Waals surface area contributed by atoms with E-state index < -0.39 is 5.69 Å². The quantitative estimate of drug-likeness (QED) is 0.622. The zero-order valence-corrected chi connectivity index (χ0v) is 17.5. The molecule has 1 aliphatic rings. The van der Waals surface area contributed by atoms with Crippen LogP contribution in [0.25, 0.3) is 10.2 Å². The molecule has 1 amide bonds. The number of carbonyl (C=O) groups is 1. The highest BCUT2D eigenvalue weighted by Crippen LogP contribution is 2.20. The standard InChI is InChI=1S/C21H22ClN3O3S/c22-16-7-3-2-6-15(16)14-25-17-9-13-29-19(17)20(27)24(21(25)28)12-8-18(26)23-10-4-1-5-11-23/h2-3,6-7,9,13H,1,4-5,8,10-12,14H2. The fourth-order valence-electron chi connectivity index (χ4n) is 3.79. The Morgan fingerprint density at radius 3 is 2.55 bits per heavy atom. The van der Waals surface area contributed by atoms with E-state index in [1.54, 1.807) is 22.1 Å². The molecule has 1 aromatic carbocycles. The summed E-state index contributed by atoms with van der Waals surface area (Å²) in [4.78, 5) is 40.4. The van der Waals surface area contributed by atoms with Crippen molar-refractivity contribution in [2.24, 2.45) is 0 Å². The van der Waals surface area contributed by atoms with Crippen LogP contribution in [0.3, 0.4) is 0 Å². The second kappa shape index (κ2) is 8.55. The Morgan fingerprint density at radius 1 is 1.03 bits per heavy atom. The number of hydrogen-bond donors (Lipinski definition) is 0. The van der Waals surface area contributed by atoms with E-state index in [1.807, 2.05) is 23.1 Å². The highest BCUT2D eigenvalue weighted by atomic mass is 35.5. The molecule has 6 nitrogen and oxygen atoms in total. The summed E-state index contributed by atoms with van der Waals surface area (Å²) in [5.41, 5.74) is 0.663. The summed E-state index contributed by atoms with van der Waals surface area (Å²) >= 11 is 7.59. The molecule has 1 saturated heterocycles. The number of benzene rings is 1. The van der Waals surface area contributed by atoms with Gasteiger partial charge < -0.3 is 4.90 Å². The van der Waals surface area contributed by atoms with E-state index in [9.17, 15) is 14.4 Å². The van der Waals surface area contributed by atoms with Crippen LogP contribution in [0.15, 0.2) is 45.3 Å². The number of piperidine rings is 1. The van der Waals surface area contributed by atoms with E-state index in [0.717, 1.165) is 37.9 Å². The van der Waals surface area contributed by atoms with Gasteiger partial charge in [-0.3, -0.25) is 18.7 Å². The molecule has 0 N–H and O–H groups in total. The molecule has 1 fully saturated rings. The first-order valence-corrected chi connectivity index (χ1v) is 11.0. The largest absolute Gasteiger partial charge is 0.343 e. The summed E-state index contributed by atoms with van der Waals surface area (Å²) in [7, 11) is 0. The van der Waals surface area contributed by atoms with Crippen molar-refractivity contribution in [2.45, 2.75) is 38.8 Å². The molecule has 0 aliphatic carbocycles. The van der Waals surface area contributed by atoms with Crippen molar-refractivity contribution in [1.29, 1.82) is 0 Å². The number of hydrogen-bond acceptors (Lipinski definition) is 4. The third-order valence-electron chi connectivity index (χ3n) is 5.38. The van der Waals surface area contributed by atoms with Crippen LogP contribution in [0.1, 0.15) is 31.2 Å². The van der Waals surface area contributed by atoms with Crippen LogP contribution >= 0.6 is 22.9 Å². The average molecular weight is 432 g/mol. The third-order valence-corrected chi connectivity index (χ3v) is 6.64. The number of nitrogens with zero attached hydrogens (tertiary/aromatic N) is 3. The number of thiophene rings is 1.